The van der Waals surface area contributed by atoms with Crippen LogP contribution in [0.4, 0.5) is 0 Å². The van der Waals surface area contributed by atoms with Gasteiger partial charge in [0.25, 0.3) is 0 Å². The molecule has 0 heterocycles. The predicted molar refractivity (Wildman–Crippen MR) is 49.8 cm³/mol. The summed E-state index contributed by atoms with van der Waals surface area (Å²) in [6.07, 6.45) is 4.62. The molecule has 0 bridgehead atoms. The van der Waals surface area contributed by atoms with Crippen molar-refractivity contribution in [2.45, 2.75) is 33.1 Å². The third kappa shape index (κ3) is 2.68. The van der Waals surface area contributed by atoms with E-state index in [-0.39, 0.29) is 5.78 Å². The van der Waals surface area contributed by atoms with Crippen LogP contribution >= 0.6 is 0 Å². The molecule has 1 aliphatic carbocycles. The van der Waals surface area contributed by atoms with E-state index in [1.54, 1.807) is 6.08 Å². The molecule has 0 fully saturated rings. The van der Waals surface area contributed by atoms with Gasteiger partial charge in [-0.15, -0.1) is 0 Å². The highest BCUT2D eigenvalue weighted by molar-refractivity contribution is 5.91. The predicted octanol–water partition coefficient (Wildman–Crippen LogP) is 1.87. The second-order valence-corrected chi connectivity index (χ2v) is 3.58. The number of ketones is 1. The van der Waals surface area contributed by atoms with Gasteiger partial charge in [-0.1, -0.05) is 13.8 Å². The standard InChI is InChI=1S/C10H17NO/c1-3-4-11-9-5-8(2)6-10(12)7-9/h7-8,11H,3-6H2,1-2H3/t8-/m0/s1. The second-order valence-electron chi connectivity index (χ2n) is 3.58. The summed E-state index contributed by atoms with van der Waals surface area (Å²) < 4.78 is 0. The maximum Gasteiger partial charge on any atom is 0.157 e. The van der Waals surface area contributed by atoms with Crippen molar-refractivity contribution in [3.05, 3.63) is 11.8 Å². The van der Waals surface area contributed by atoms with Gasteiger partial charge in [0.05, 0.1) is 0 Å². The molecule has 1 N–H and O–H groups in total. The molecule has 2 heteroatoms. The van der Waals surface area contributed by atoms with Gasteiger partial charge in [0.15, 0.2) is 5.78 Å². The van der Waals surface area contributed by atoms with Crippen LogP contribution in [0, 0.1) is 5.92 Å². The van der Waals surface area contributed by atoms with Crippen molar-refractivity contribution in [3.8, 4) is 0 Å². The minimum absolute atomic E-state index is 0.271. The Morgan fingerprint density at radius 3 is 2.92 bits per heavy atom. The highest BCUT2D eigenvalue weighted by atomic mass is 16.1. The van der Waals surface area contributed by atoms with E-state index >= 15 is 0 Å². The van der Waals surface area contributed by atoms with Crippen LogP contribution in [0.1, 0.15) is 33.1 Å². The van der Waals surface area contributed by atoms with E-state index in [0.29, 0.717) is 5.92 Å². The molecule has 0 aromatic carbocycles. The van der Waals surface area contributed by atoms with Crippen LogP contribution in [0.3, 0.4) is 0 Å². The fourth-order valence-corrected chi connectivity index (χ4v) is 1.51. The monoisotopic (exact) mass is 167 g/mol. The van der Waals surface area contributed by atoms with Gasteiger partial charge < -0.3 is 5.32 Å². The summed E-state index contributed by atoms with van der Waals surface area (Å²) in [7, 11) is 0. The van der Waals surface area contributed by atoms with Crippen molar-refractivity contribution in [3.63, 3.8) is 0 Å². The summed E-state index contributed by atoms with van der Waals surface area (Å²) in [4.78, 5) is 11.1. The molecule has 12 heavy (non-hydrogen) atoms. The van der Waals surface area contributed by atoms with Gasteiger partial charge in [-0.3, -0.25) is 4.79 Å². The lowest BCUT2D eigenvalue weighted by atomic mass is 9.93. The second kappa shape index (κ2) is 4.29. The van der Waals surface area contributed by atoms with E-state index in [0.717, 1.165) is 31.5 Å². The zero-order chi connectivity index (χ0) is 8.97. The maximum absolute atomic E-state index is 11.1. The van der Waals surface area contributed by atoms with Crippen LogP contribution in [0.2, 0.25) is 0 Å². The first-order valence-corrected chi connectivity index (χ1v) is 4.69. The van der Waals surface area contributed by atoms with Crippen LogP contribution < -0.4 is 5.32 Å². The van der Waals surface area contributed by atoms with Gasteiger partial charge in [-0.25, -0.2) is 0 Å². The Morgan fingerprint density at radius 1 is 1.58 bits per heavy atom. The highest BCUT2D eigenvalue weighted by Crippen LogP contribution is 2.19. The first kappa shape index (κ1) is 9.30. The first-order valence-electron chi connectivity index (χ1n) is 4.69. The Hall–Kier alpha value is -0.790. The summed E-state index contributed by atoms with van der Waals surface area (Å²) in [5.41, 5.74) is 1.13. The molecule has 0 unspecified atom stereocenters. The molecule has 0 saturated heterocycles. The third-order valence-electron chi connectivity index (χ3n) is 2.06. The summed E-state index contributed by atoms with van der Waals surface area (Å²) in [5.74, 6) is 0.786. The zero-order valence-corrected chi connectivity index (χ0v) is 7.89. The van der Waals surface area contributed by atoms with E-state index in [2.05, 4.69) is 19.2 Å². The van der Waals surface area contributed by atoms with E-state index in [1.165, 1.54) is 0 Å². The number of hydrogen-bond acceptors (Lipinski definition) is 2. The lowest BCUT2D eigenvalue weighted by Gasteiger charge is -2.19. The molecule has 1 aliphatic rings. The molecule has 0 aromatic rings. The Balaban J connectivity index is 2.46. The van der Waals surface area contributed by atoms with Crippen LogP contribution in [0.25, 0.3) is 0 Å². The Bertz CT molecular complexity index is 196. The zero-order valence-electron chi connectivity index (χ0n) is 7.89. The van der Waals surface area contributed by atoms with Crippen LogP contribution in [0.15, 0.2) is 11.8 Å². The van der Waals surface area contributed by atoms with Gasteiger partial charge in [-0.05, 0) is 18.8 Å². The highest BCUT2D eigenvalue weighted by Gasteiger charge is 2.15. The summed E-state index contributed by atoms with van der Waals surface area (Å²) >= 11 is 0. The van der Waals surface area contributed by atoms with Crippen molar-refractivity contribution < 1.29 is 4.79 Å². The van der Waals surface area contributed by atoms with Gasteiger partial charge in [-0.2, -0.15) is 0 Å². The minimum Gasteiger partial charge on any atom is -0.388 e. The average Bonchev–Trinajstić information content (AvgIpc) is 1.99. The smallest absolute Gasteiger partial charge is 0.157 e. The van der Waals surface area contributed by atoms with E-state index in [1.807, 2.05) is 0 Å². The number of carbonyl (C=O) groups excluding carboxylic acids is 1. The van der Waals surface area contributed by atoms with Crippen molar-refractivity contribution in [1.82, 2.24) is 5.32 Å². The molecule has 0 radical (unpaired) electrons. The number of rotatable bonds is 3. The van der Waals surface area contributed by atoms with Crippen molar-refractivity contribution in [2.24, 2.45) is 5.92 Å². The topological polar surface area (TPSA) is 29.1 Å². The molecule has 0 amide bonds. The Kier molecular flexibility index (Phi) is 3.32. The number of carbonyl (C=O) groups is 1. The third-order valence-corrected chi connectivity index (χ3v) is 2.06. The van der Waals surface area contributed by atoms with Gasteiger partial charge in [0.2, 0.25) is 0 Å². The van der Waals surface area contributed by atoms with Gasteiger partial charge in [0, 0.05) is 24.7 Å². The van der Waals surface area contributed by atoms with Crippen molar-refractivity contribution >= 4 is 5.78 Å². The van der Waals surface area contributed by atoms with E-state index in [4.69, 9.17) is 0 Å². The van der Waals surface area contributed by atoms with Crippen molar-refractivity contribution in [1.29, 1.82) is 0 Å². The summed E-state index contributed by atoms with van der Waals surface area (Å²) in [6, 6.07) is 0. The first-order chi connectivity index (χ1) is 5.72. The van der Waals surface area contributed by atoms with Crippen LogP contribution in [0.5, 0.6) is 0 Å². The largest absolute Gasteiger partial charge is 0.388 e. The lowest BCUT2D eigenvalue weighted by Crippen LogP contribution is -2.22. The number of nitrogens with one attached hydrogen (secondary N) is 1. The van der Waals surface area contributed by atoms with Gasteiger partial charge in [0.1, 0.15) is 0 Å². The van der Waals surface area contributed by atoms with E-state index in [9.17, 15) is 4.79 Å². The average molecular weight is 167 g/mol. The molecule has 0 aromatic heterocycles. The normalized spacial score (nSPS) is 23.7. The van der Waals surface area contributed by atoms with Crippen LogP contribution in [-0.4, -0.2) is 12.3 Å². The molecular weight excluding hydrogens is 150 g/mol. The number of allylic oxidation sites excluding steroid dienone is 2. The molecule has 2 nitrogen and oxygen atoms in total. The summed E-state index contributed by atoms with van der Waals surface area (Å²) in [5, 5.41) is 3.27. The molecule has 0 aliphatic heterocycles. The molecule has 1 rings (SSSR count). The molecule has 0 saturated carbocycles. The van der Waals surface area contributed by atoms with Gasteiger partial charge >= 0.3 is 0 Å². The molecular formula is C10H17NO. The lowest BCUT2D eigenvalue weighted by molar-refractivity contribution is -0.115. The summed E-state index contributed by atoms with van der Waals surface area (Å²) in [6.45, 7) is 5.23. The number of hydrogen-bond donors (Lipinski definition) is 1. The molecule has 0 spiro atoms. The Labute approximate surface area is 74.0 Å². The quantitative estimate of drug-likeness (QED) is 0.695. The van der Waals surface area contributed by atoms with Crippen molar-refractivity contribution in [2.75, 3.05) is 6.54 Å². The SMILES string of the molecule is CCCNC1=CC(=O)C[C@@H](C)C1. The van der Waals surface area contributed by atoms with E-state index < -0.39 is 0 Å². The Morgan fingerprint density at radius 2 is 2.33 bits per heavy atom. The molecule has 1 atom stereocenters. The maximum atomic E-state index is 11.1. The fourth-order valence-electron chi connectivity index (χ4n) is 1.51. The molecule has 68 valence electrons. The minimum atomic E-state index is 0.271. The fraction of sp³-hybridized carbons (Fsp3) is 0.700. The van der Waals surface area contributed by atoms with Crippen LogP contribution in [-0.2, 0) is 4.79 Å².